The lowest BCUT2D eigenvalue weighted by Gasteiger charge is -2.18. The Labute approximate surface area is 124 Å². The number of nitrogens with zero attached hydrogens (tertiary/aromatic N) is 1. The third-order valence-electron chi connectivity index (χ3n) is 3.70. The van der Waals surface area contributed by atoms with E-state index in [-0.39, 0.29) is 10.5 Å². The lowest BCUT2D eigenvalue weighted by Crippen LogP contribution is -2.29. The van der Waals surface area contributed by atoms with E-state index in [0.717, 1.165) is 18.6 Å². The van der Waals surface area contributed by atoms with E-state index >= 15 is 0 Å². The maximum atomic E-state index is 13.3. The molecule has 1 aliphatic carbocycles. The van der Waals surface area contributed by atoms with Crippen LogP contribution in [-0.4, -0.2) is 38.0 Å². The van der Waals surface area contributed by atoms with Gasteiger partial charge in [-0.05, 0) is 36.5 Å². The summed E-state index contributed by atoms with van der Waals surface area (Å²) >= 11 is 0. The number of hydrogen-bond donors (Lipinski definition) is 1. The monoisotopic (exact) mass is 311 g/mol. The topological polar surface area (TPSA) is 57.6 Å². The fraction of sp³-hybridized carbons (Fsp3) is 0.467. The third kappa shape index (κ3) is 3.62. The van der Waals surface area contributed by atoms with Crippen LogP contribution >= 0.6 is 0 Å². The molecule has 1 N–H and O–H groups in total. The number of hydrogen-bond acceptors (Lipinski definition) is 3. The Kier molecular flexibility index (Phi) is 4.67. The second-order valence-electron chi connectivity index (χ2n) is 5.36. The third-order valence-corrected chi connectivity index (χ3v) is 5.58. The van der Waals surface area contributed by atoms with Gasteiger partial charge in [0.25, 0.3) is 0 Å². The van der Waals surface area contributed by atoms with Crippen molar-refractivity contribution in [1.29, 1.82) is 0 Å². The van der Waals surface area contributed by atoms with Crippen molar-refractivity contribution in [2.24, 2.45) is 11.8 Å². The van der Waals surface area contributed by atoms with Crippen molar-refractivity contribution in [3.05, 3.63) is 29.6 Å². The largest absolute Gasteiger partial charge is 0.384 e. The summed E-state index contributed by atoms with van der Waals surface area (Å²) in [7, 11) is -2.19. The summed E-state index contributed by atoms with van der Waals surface area (Å²) < 4.78 is 39.7. The average Bonchev–Trinajstić information content (AvgIpc) is 3.11. The van der Waals surface area contributed by atoms with E-state index in [4.69, 9.17) is 5.11 Å². The molecular weight excluding hydrogens is 293 g/mol. The molecule has 0 saturated heterocycles. The van der Waals surface area contributed by atoms with E-state index in [2.05, 4.69) is 18.8 Å². The van der Waals surface area contributed by atoms with Crippen LogP contribution < -0.4 is 0 Å². The maximum absolute atomic E-state index is 13.3. The molecule has 0 radical (unpaired) electrons. The zero-order valence-corrected chi connectivity index (χ0v) is 12.8. The van der Waals surface area contributed by atoms with Gasteiger partial charge < -0.3 is 5.11 Å². The molecule has 0 heterocycles. The van der Waals surface area contributed by atoms with Gasteiger partial charge in [0.2, 0.25) is 10.0 Å². The van der Waals surface area contributed by atoms with Crippen molar-refractivity contribution in [2.75, 3.05) is 20.2 Å². The summed E-state index contributed by atoms with van der Waals surface area (Å²) in [6, 6.07) is 3.40. The number of sulfonamides is 1. The molecular formula is C15H18FNO3S. The summed E-state index contributed by atoms with van der Waals surface area (Å²) in [6.07, 6.45) is 1.03. The van der Waals surface area contributed by atoms with Crippen molar-refractivity contribution in [1.82, 2.24) is 4.31 Å². The summed E-state index contributed by atoms with van der Waals surface area (Å²) in [5, 5.41) is 8.73. The molecule has 114 valence electrons. The molecule has 2 rings (SSSR count). The molecule has 4 nitrogen and oxygen atoms in total. The van der Waals surface area contributed by atoms with Crippen molar-refractivity contribution in [2.45, 2.75) is 18.2 Å². The fourth-order valence-corrected chi connectivity index (χ4v) is 3.56. The minimum absolute atomic E-state index is 0.0272. The van der Waals surface area contributed by atoms with Crippen LogP contribution in [0.4, 0.5) is 4.39 Å². The van der Waals surface area contributed by atoms with Crippen LogP contribution in [0.15, 0.2) is 23.1 Å². The quantitative estimate of drug-likeness (QED) is 0.856. The van der Waals surface area contributed by atoms with Gasteiger partial charge >= 0.3 is 0 Å². The van der Waals surface area contributed by atoms with Gasteiger partial charge in [-0.25, -0.2) is 17.1 Å². The summed E-state index contributed by atoms with van der Waals surface area (Å²) in [4.78, 5) is -0.0272. The van der Waals surface area contributed by atoms with Crippen LogP contribution in [0.2, 0.25) is 0 Å². The highest BCUT2D eigenvalue weighted by molar-refractivity contribution is 7.89. The van der Waals surface area contributed by atoms with Crippen LogP contribution in [0.5, 0.6) is 0 Å². The first-order valence-corrected chi connectivity index (χ1v) is 8.16. The summed E-state index contributed by atoms with van der Waals surface area (Å²) in [5.74, 6) is 5.23. The molecule has 0 amide bonds. The van der Waals surface area contributed by atoms with Crippen molar-refractivity contribution < 1.29 is 17.9 Å². The lowest BCUT2D eigenvalue weighted by molar-refractivity contribution is 0.350. The van der Waals surface area contributed by atoms with Gasteiger partial charge in [0, 0.05) is 19.2 Å². The molecule has 1 aromatic carbocycles. The van der Waals surface area contributed by atoms with Crippen LogP contribution in [0.1, 0.15) is 18.9 Å². The van der Waals surface area contributed by atoms with Crippen LogP contribution in [0.3, 0.4) is 0 Å². The maximum Gasteiger partial charge on any atom is 0.244 e. The van der Waals surface area contributed by atoms with Gasteiger partial charge in [0.05, 0.1) is 4.90 Å². The van der Waals surface area contributed by atoms with E-state index < -0.39 is 22.4 Å². The van der Waals surface area contributed by atoms with Crippen molar-refractivity contribution >= 4 is 10.0 Å². The molecule has 1 aliphatic rings. The van der Waals surface area contributed by atoms with Crippen molar-refractivity contribution in [3.8, 4) is 11.8 Å². The van der Waals surface area contributed by atoms with Gasteiger partial charge in [-0.15, -0.1) is 0 Å². The van der Waals surface area contributed by atoms with Gasteiger partial charge in [0.15, 0.2) is 0 Å². The van der Waals surface area contributed by atoms with Crippen molar-refractivity contribution in [3.63, 3.8) is 0 Å². The second-order valence-corrected chi connectivity index (χ2v) is 7.37. The van der Waals surface area contributed by atoms with Crippen LogP contribution in [-0.2, 0) is 10.0 Å². The highest BCUT2D eigenvalue weighted by Gasteiger charge is 2.36. The number of benzene rings is 1. The molecule has 1 saturated carbocycles. The lowest BCUT2D eigenvalue weighted by atomic mass is 10.2. The molecule has 0 aliphatic heterocycles. The van der Waals surface area contributed by atoms with Gasteiger partial charge in [-0.1, -0.05) is 18.8 Å². The second kappa shape index (κ2) is 6.14. The Bertz CT molecular complexity index is 691. The Morgan fingerprint density at radius 2 is 2.14 bits per heavy atom. The number of halogens is 1. The Morgan fingerprint density at radius 3 is 2.71 bits per heavy atom. The normalized spacial score (nSPS) is 21.0. The Hall–Kier alpha value is -1.42. The molecule has 0 bridgehead atoms. The fourth-order valence-electron chi connectivity index (χ4n) is 2.21. The van der Waals surface area contributed by atoms with Crippen LogP contribution in [0, 0.1) is 29.5 Å². The average molecular weight is 311 g/mol. The highest BCUT2D eigenvalue weighted by Crippen LogP contribution is 2.38. The Balaban J connectivity index is 2.34. The molecule has 0 spiro atoms. The molecule has 1 fully saturated rings. The first-order chi connectivity index (χ1) is 9.86. The minimum atomic E-state index is -3.71. The number of rotatable bonds is 4. The first-order valence-electron chi connectivity index (χ1n) is 6.72. The van der Waals surface area contributed by atoms with Gasteiger partial charge in [-0.3, -0.25) is 0 Å². The zero-order valence-electron chi connectivity index (χ0n) is 12.0. The predicted molar refractivity (Wildman–Crippen MR) is 77.5 cm³/mol. The van der Waals surface area contributed by atoms with E-state index in [1.165, 1.54) is 17.4 Å². The minimum Gasteiger partial charge on any atom is -0.384 e. The van der Waals surface area contributed by atoms with Gasteiger partial charge in [-0.2, -0.15) is 0 Å². The van der Waals surface area contributed by atoms with E-state index in [1.54, 1.807) is 0 Å². The number of aliphatic hydroxyl groups is 1. The van der Waals surface area contributed by atoms with Crippen LogP contribution in [0.25, 0.3) is 0 Å². The SMILES string of the molecule is CC1CC1CN(C)S(=O)(=O)c1ccc(F)cc1C#CCO. The molecule has 2 atom stereocenters. The first kappa shape index (κ1) is 16.0. The summed E-state index contributed by atoms with van der Waals surface area (Å²) in [6.45, 7) is 2.13. The van der Waals surface area contributed by atoms with E-state index in [9.17, 15) is 12.8 Å². The Morgan fingerprint density at radius 1 is 1.48 bits per heavy atom. The number of aliphatic hydroxyl groups excluding tert-OH is 1. The highest BCUT2D eigenvalue weighted by atomic mass is 32.2. The van der Waals surface area contributed by atoms with E-state index in [1.807, 2.05) is 0 Å². The molecule has 6 heteroatoms. The standard InChI is InChI=1S/C15H18FNO3S/c1-11-8-13(11)10-17(2)21(19,20)15-6-5-14(16)9-12(15)4-3-7-18/h5-6,9,11,13,18H,7-8,10H2,1-2H3. The molecule has 21 heavy (non-hydrogen) atoms. The molecule has 1 aromatic rings. The predicted octanol–water partition coefficient (Wildman–Crippen LogP) is 1.45. The zero-order chi connectivity index (χ0) is 15.6. The van der Waals surface area contributed by atoms with Gasteiger partial charge in [0.1, 0.15) is 12.4 Å². The smallest absolute Gasteiger partial charge is 0.244 e. The van der Waals surface area contributed by atoms with E-state index in [0.29, 0.717) is 18.4 Å². The molecule has 2 unspecified atom stereocenters. The summed E-state index contributed by atoms with van der Waals surface area (Å²) in [5.41, 5.74) is 0.0692. The molecule has 0 aromatic heterocycles.